The first kappa shape index (κ1) is 40.1. The van der Waals surface area contributed by atoms with Crippen LogP contribution in [0.3, 0.4) is 0 Å². The molecule has 0 bridgehead atoms. The standard InChI is InChI=1S/C66H45N3/c1-3-13-46(14-4-1)48-23-34-54(35-24-48)67(55-36-25-49(26-37-55)47-15-5-2-6-16-47)56-38-27-50(28-39-56)51-29-40-58(41-30-51)69-65-22-12-9-19-61(65)62-45-53(33-44-66(62)69)52-31-42-57(43-32-52)68-63-20-10-7-17-59(63)60-18-8-11-21-64(60)68/h1-45H. The first-order valence-corrected chi connectivity index (χ1v) is 23.7. The summed E-state index contributed by atoms with van der Waals surface area (Å²) in [5.74, 6) is 0. The molecule has 0 saturated carbocycles. The molecule has 0 radical (unpaired) electrons. The van der Waals surface area contributed by atoms with Gasteiger partial charge in [0.05, 0.1) is 22.1 Å². The van der Waals surface area contributed by atoms with Gasteiger partial charge in [0.1, 0.15) is 0 Å². The maximum absolute atomic E-state index is 2.40. The molecule has 2 aromatic heterocycles. The molecule has 324 valence electrons. The summed E-state index contributed by atoms with van der Waals surface area (Å²) >= 11 is 0. The van der Waals surface area contributed by atoms with Gasteiger partial charge < -0.3 is 14.0 Å². The minimum absolute atomic E-state index is 1.10. The zero-order valence-electron chi connectivity index (χ0n) is 37.8. The molecule has 13 rings (SSSR count). The van der Waals surface area contributed by atoms with Crippen LogP contribution in [0.2, 0.25) is 0 Å². The van der Waals surface area contributed by atoms with Crippen molar-refractivity contribution in [3.05, 3.63) is 273 Å². The molecule has 0 saturated heterocycles. The van der Waals surface area contributed by atoms with Crippen LogP contribution in [0.25, 0.3) is 99.5 Å². The van der Waals surface area contributed by atoms with Gasteiger partial charge in [-0.25, -0.2) is 0 Å². The van der Waals surface area contributed by atoms with Gasteiger partial charge in [0, 0.05) is 50.0 Å². The predicted octanol–water partition coefficient (Wildman–Crippen LogP) is 18.0. The fourth-order valence-electron chi connectivity index (χ4n) is 10.4. The Balaban J connectivity index is 0.804. The molecule has 0 unspecified atom stereocenters. The van der Waals surface area contributed by atoms with E-state index in [1.165, 1.54) is 88.1 Å². The normalized spacial score (nSPS) is 11.5. The Labute approximate surface area is 401 Å². The summed E-state index contributed by atoms with van der Waals surface area (Å²) in [7, 11) is 0. The third kappa shape index (κ3) is 7.16. The number of benzene rings is 11. The number of hydrogen-bond acceptors (Lipinski definition) is 1. The highest BCUT2D eigenvalue weighted by Gasteiger charge is 2.17. The van der Waals surface area contributed by atoms with Crippen LogP contribution >= 0.6 is 0 Å². The molecule has 11 aromatic carbocycles. The number of aromatic nitrogens is 2. The fraction of sp³-hybridized carbons (Fsp3) is 0. The first-order chi connectivity index (χ1) is 34.2. The maximum atomic E-state index is 2.40. The second-order valence-electron chi connectivity index (χ2n) is 17.8. The van der Waals surface area contributed by atoms with Crippen molar-refractivity contribution in [3.8, 4) is 55.9 Å². The van der Waals surface area contributed by atoms with Crippen molar-refractivity contribution >= 4 is 60.7 Å². The average Bonchev–Trinajstić information content (AvgIpc) is 3.95. The van der Waals surface area contributed by atoms with Gasteiger partial charge >= 0.3 is 0 Å². The summed E-state index contributed by atoms with van der Waals surface area (Å²) in [6, 6.07) is 98.9. The van der Waals surface area contributed by atoms with Gasteiger partial charge in [-0.1, -0.05) is 182 Å². The van der Waals surface area contributed by atoms with Gasteiger partial charge in [0.25, 0.3) is 0 Å². The van der Waals surface area contributed by atoms with E-state index in [4.69, 9.17) is 0 Å². The molecule has 0 fully saturated rings. The molecule has 0 aliphatic rings. The molecule has 0 aliphatic heterocycles. The van der Waals surface area contributed by atoms with Crippen LogP contribution in [0.5, 0.6) is 0 Å². The van der Waals surface area contributed by atoms with E-state index < -0.39 is 0 Å². The Morgan fingerprint density at radius 1 is 0.203 bits per heavy atom. The van der Waals surface area contributed by atoms with Crippen molar-refractivity contribution in [3.63, 3.8) is 0 Å². The van der Waals surface area contributed by atoms with E-state index in [1.54, 1.807) is 0 Å². The van der Waals surface area contributed by atoms with Crippen LogP contribution in [0, 0.1) is 0 Å². The molecular formula is C66H45N3. The Kier molecular flexibility index (Phi) is 9.84. The van der Waals surface area contributed by atoms with Gasteiger partial charge in [-0.2, -0.15) is 0 Å². The van der Waals surface area contributed by atoms with Gasteiger partial charge in [-0.3, -0.25) is 0 Å². The van der Waals surface area contributed by atoms with E-state index in [0.717, 1.165) is 28.4 Å². The summed E-state index contributed by atoms with van der Waals surface area (Å²) in [4.78, 5) is 2.34. The molecular weight excluding hydrogens is 835 g/mol. The van der Waals surface area contributed by atoms with Crippen molar-refractivity contribution in [1.29, 1.82) is 0 Å². The number of anilines is 3. The van der Waals surface area contributed by atoms with Crippen molar-refractivity contribution in [2.75, 3.05) is 4.90 Å². The van der Waals surface area contributed by atoms with Crippen molar-refractivity contribution in [2.24, 2.45) is 0 Å². The SMILES string of the molecule is c1ccc(-c2ccc(N(c3ccc(-c4ccccc4)cc3)c3ccc(-c4ccc(-n5c6ccccc6c6cc(-c7ccc(-n8c9ccccc9c9ccccc98)cc7)ccc65)cc4)cc3)cc2)cc1. The Bertz CT molecular complexity index is 3810. The third-order valence-corrected chi connectivity index (χ3v) is 13.8. The third-order valence-electron chi connectivity index (χ3n) is 13.8. The van der Waals surface area contributed by atoms with E-state index in [1.807, 2.05) is 0 Å². The summed E-state index contributed by atoms with van der Waals surface area (Å²) in [6.07, 6.45) is 0. The van der Waals surface area contributed by atoms with Gasteiger partial charge in [-0.05, 0) is 136 Å². The Morgan fingerprint density at radius 2 is 0.478 bits per heavy atom. The van der Waals surface area contributed by atoms with Gasteiger partial charge in [0.2, 0.25) is 0 Å². The molecule has 0 spiro atoms. The number of rotatable bonds is 9. The second kappa shape index (κ2) is 16.9. The number of nitrogens with zero attached hydrogens (tertiary/aromatic N) is 3. The highest BCUT2D eigenvalue weighted by molar-refractivity contribution is 6.11. The smallest absolute Gasteiger partial charge is 0.0541 e. The van der Waals surface area contributed by atoms with Crippen LogP contribution < -0.4 is 4.90 Å². The fourth-order valence-corrected chi connectivity index (χ4v) is 10.4. The lowest BCUT2D eigenvalue weighted by Gasteiger charge is -2.26. The number of hydrogen-bond donors (Lipinski definition) is 0. The van der Waals surface area contributed by atoms with Crippen LogP contribution in [-0.2, 0) is 0 Å². The van der Waals surface area contributed by atoms with Crippen LogP contribution in [0.15, 0.2) is 273 Å². The summed E-state index contributed by atoms with van der Waals surface area (Å²) in [5.41, 5.74) is 19.9. The van der Waals surface area contributed by atoms with Crippen LogP contribution in [0.1, 0.15) is 0 Å². The van der Waals surface area contributed by atoms with E-state index in [2.05, 4.69) is 287 Å². The lowest BCUT2D eigenvalue weighted by molar-refractivity contribution is 1.18. The molecule has 0 amide bonds. The van der Waals surface area contributed by atoms with Gasteiger partial charge in [0.15, 0.2) is 0 Å². The summed E-state index contributed by atoms with van der Waals surface area (Å²) in [5, 5.41) is 5.02. The molecule has 3 nitrogen and oxygen atoms in total. The molecule has 2 heterocycles. The summed E-state index contributed by atoms with van der Waals surface area (Å²) < 4.78 is 4.77. The van der Waals surface area contributed by atoms with Gasteiger partial charge in [-0.15, -0.1) is 0 Å². The molecule has 3 heteroatoms. The molecule has 0 atom stereocenters. The molecule has 13 aromatic rings. The molecule has 0 N–H and O–H groups in total. The molecule has 69 heavy (non-hydrogen) atoms. The van der Waals surface area contributed by atoms with E-state index in [9.17, 15) is 0 Å². The number of fused-ring (bicyclic) bond motifs is 6. The van der Waals surface area contributed by atoms with Crippen LogP contribution in [0.4, 0.5) is 17.1 Å². The summed E-state index contributed by atoms with van der Waals surface area (Å²) in [6.45, 7) is 0. The minimum atomic E-state index is 1.10. The first-order valence-electron chi connectivity index (χ1n) is 23.7. The quantitative estimate of drug-likeness (QED) is 0.141. The predicted molar refractivity (Wildman–Crippen MR) is 292 cm³/mol. The lowest BCUT2D eigenvalue weighted by atomic mass is 10.0. The lowest BCUT2D eigenvalue weighted by Crippen LogP contribution is -2.09. The highest BCUT2D eigenvalue weighted by atomic mass is 15.1. The topological polar surface area (TPSA) is 13.1 Å². The van der Waals surface area contributed by atoms with E-state index in [-0.39, 0.29) is 0 Å². The maximum Gasteiger partial charge on any atom is 0.0541 e. The van der Waals surface area contributed by atoms with Crippen molar-refractivity contribution in [1.82, 2.24) is 9.13 Å². The zero-order chi connectivity index (χ0) is 45.7. The monoisotopic (exact) mass is 879 g/mol. The minimum Gasteiger partial charge on any atom is -0.311 e. The highest BCUT2D eigenvalue weighted by Crippen LogP contribution is 2.40. The second-order valence-corrected chi connectivity index (χ2v) is 17.8. The van der Waals surface area contributed by atoms with E-state index in [0.29, 0.717) is 0 Å². The largest absolute Gasteiger partial charge is 0.311 e. The van der Waals surface area contributed by atoms with E-state index >= 15 is 0 Å². The van der Waals surface area contributed by atoms with Crippen LogP contribution in [-0.4, -0.2) is 9.13 Å². The zero-order valence-corrected chi connectivity index (χ0v) is 37.8. The van der Waals surface area contributed by atoms with Crippen molar-refractivity contribution < 1.29 is 0 Å². The molecule has 0 aliphatic carbocycles. The average molecular weight is 880 g/mol. The number of para-hydroxylation sites is 3. The Morgan fingerprint density at radius 3 is 0.870 bits per heavy atom. The Hall–Kier alpha value is -9.18. The van der Waals surface area contributed by atoms with Crippen molar-refractivity contribution in [2.45, 2.75) is 0 Å².